The number of hydrogen-bond acceptors (Lipinski definition) is 5. The van der Waals surface area contributed by atoms with E-state index in [1.54, 1.807) is 14.2 Å². The standard InChI is InChI=1S/C19H28N6O2.HI/c1-6-20-19(21-11-18-23-22-13(2)24(18)3)25-8-7-14-9-16(26-4)17(27-5)10-15(14)12-25;/h9-10H,6-8,11-12H2,1-5H3,(H,20,21);1H. The molecule has 2 aromatic rings. The summed E-state index contributed by atoms with van der Waals surface area (Å²) < 4.78 is 12.9. The largest absolute Gasteiger partial charge is 0.493 e. The second-order valence-corrected chi connectivity index (χ2v) is 6.54. The molecule has 0 amide bonds. The maximum absolute atomic E-state index is 5.46. The average molecular weight is 500 g/mol. The Morgan fingerprint density at radius 1 is 1.18 bits per heavy atom. The first kappa shape index (κ1) is 22.3. The number of aromatic nitrogens is 3. The van der Waals surface area contributed by atoms with Gasteiger partial charge in [0.2, 0.25) is 0 Å². The Morgan fingerprint density at radius 2 is 1.86 bits per heavy atom. The monoisotopic (exact) mass is 500 g/mol. The number of aliphatic imine (C=N–C) groups is 1. The lowest BCUT2D eigenvalue weighted by atomic mass is 9.99. The molecule has 28 heavy (non-hydrogen) atoms. The predicted molar refractivity (Wildman–Crippen MR) is 120 cm³/mol. The molecule has 0 unspecified atom stereocenters. The number of aryl methyl sites for hydroxylation is 1. The van der Waals surface area contributed by atoms with Crippen LogP contribution in [0.3, 0.4) is 0 Å². The van der Waals surface area contributed by atoms with Crippen LogP contribution in [-0.2, 0) is 26.6 Å². The van der Waals surface area contributed by atoms with Gasteiger partial charge in [-0.25, -0.2) is 4.99 Å². The highest BCUT2D eigenvalue weighted by Gasteiger charge is 2.21. The molecule has 9 heteroatoms. The van der Waals surface area contributed by atoms with Crippen molar-refractivity contribution < 1.29 is 9.47 Å². The number of ether oxygens (including phenoxy) is 2. The summed E-state index contributed by atoms with van der Waals surface area (Å²) in [5.41, 5.74) is 2.53. The van der Waals surface area contributed by atoms with Crippen LogP contribution >= 0.6 is 24.0 Å². The van der Waals surface area contributed by atoms with Gasteiger partial charge in [0.05, 0.1) is 14.2 Å². The maximum Gasteiger partial charge on any atom is 0.194 e. The van der Waals surface area contributed by atoms with Crippen molar-refractivity contribution in [2.24, 2.45) is 12.0 Å². The minimum Gasteiger partial charge on any atom is -0.493 e. The van der Waals surface area contributed by atoms with Crippen LogP contribution in [0.5, 0.6) is 11.5 Å². The van der Waals surface area contributed by atoms with E-state index in [1.807, 2.05) is 18.5 Å². The highest BCUT2D eigenvalue weighted by Crippen LogP contribution is 2.33. The summed E-state index contributed by atoms with van der Waals surface area (Å²) in [6.07, 6.45) is 0.934. The van der Waals surface area contributed by atoms with Gasteiger partial charge in [0, 0.05) is 26.7 Å². The molecule has 0 saturated carbocycles. The molecule has 0 radical (unpaired) electrons. The van der Waals surface area contributed by atoms with Crippen molar-refractivity contribution in [3.05, 3.63) is 34.9 Å². The molecule has 0 aliphatic carbocycles. The first-order chi connectivity index (χ1) is 13.1. The van der Waals surface area contributed by atoms with Gasteiger partial charge in [-0.05, 0) is 43.5 Å². The van der Waals surface area contributed by atoms with Crippen molar-refractivity contribution >= 4 is 29.9 Å². The van der Waals surface area contributed by atoms with Crippen molar-refractivity contribution in [3.8, 4) is 11.5 Å². The van der Waals surface area contributed by atoms with Crippen LogP contribution in [0.15, 0.2) is 17.1 Å². The van der Waals surface area contributed by atoms with Crippen molar-refractivity contribution in [1.82, 2.24) is 25.0 Å². The summed E-state index contributed by atoms with van der Waals surface area (Å²) in [7, 11) is 5.30. The van der Waals surface area contributed by atoms with Gasteiger partial charge in [0.15, 0.2) is 23.3 Å². The van der Waals surface area contributed by atoms with E-state index < -0.39 is 0 Å². The van der Waals surface area contributed by atoms with Gasteiger partial charge in [-0.15, -0.1) is 34.2 Å². The summed E-state index contributed by atoms with van der Waals surface area (Å²) in [6, 6.07) is 4.15. The topological polar surface area (TPSA) is 76.8 Å². The number of benzene rings is 1. The second kappa shape index (κ2) is 9.94. The molecule has 0 fully saturated rings. The van der Waals surface area contributed by atoms with Gasteiger partial charge < -0.3 is 24.3 Å². The third-order valence-electron chi connectivity index (χ3n) is 4.91. The molecule has 0 spiro atoms. The van der Waals surface area contributed by atoms with E-state index in [1.165, 1.54) is 11.1 Å². The number of fused-ring (bicyclic) bond motifs is 1. The number of guanidine groups is 1. The second-order valence-electron chi connectivity index (χ2n) is 6.54. The van der Waals surface area contributed by atoms with Crippen molar-refractivity contribution in [2.75, 3.05) is 27.3 Å². The summed E-state index contributed by atoms with van der Waals surface area (Å²) in [5, 5.41) is 11.7. The van der Waals surface area contributed by atoms with Crippen LogP contribution < -0.4 is 14.8 Å². The van der Waals surface area contributed by atoms with E-state index in [2.05, 4.69) is 39.5 Å². The van der Waals surface area contributed by atoms with Gasteiger partial charge in [0.25, 0.3) is 0 Å². The number of methoxy groups -OCH3 is 2. The normalized spacial score (nSPS) is 13.6. The van der Waals surface area contributed by atoms with Crippen LogP contribution in [-0.4, -0.2) is 52.9 Å². The van der Waals surface area contributed by atoms with Crippen LogP contribution in [0, 0.1) is 6.92 Å². The van der Waals surface area contributed by atoms with Crippen molar-refractivity contribution in [2.45, 2.75) is 33.4 Å². The predicted octanol–water partition coefficient (Wildman–Crippen LogP) is 2.28. The highest BCUT2D eigenvalue weighted by atomic mass is 127. The molecule has 8 nitrogen and oxygen atoms in total. The molecule has 154 valence electrons. The number of nitrogens with zero attached hydrogens (tertiary/aromatic N) is 5. The minimum absolute atomic E-state index is 0. The molecule has 2 heterocycles. The third-order valence-corrected chi connectivity index (χ3v) is 4.91. The summed E-state index contributed by atoms with van der Waals surface area (Å²) in [6.45, 7) is 6.99. The molecule has 3 rings (SSSR count). The Morgan fingerprint density at radius 3 is 2.43 bits per heavy atom. The Labute approximate surface area is 183 Å². The molecule has 1 N–H and O–H groups in total. The molecular formula is C19H29IN6O2. The van der Waals surface area contributed by atoms with E-state index in [4.69, 9.17) is 14.5 Å². The lowest BCUT2D eigenvalue weighted by molar-refractivity contribution is 0.346. The van der Waals surface area contributed by atoms with Gasteiger partial charge in [-0.3, -0.25) is 0 Å². The number of hydrogen-bond donors (Lipinski definition) is 1. The first-order valence-corrected chi connectivity index (χ1v) is 9.19. The fourth-order valence-electron chi connectivity index (χ4n) is 3.22. The lowest BCUT2D eigenvalue weighted by Gasteiger charge is -2.32. The van der Waals surface area contributed by atoms with Crippen LogP contribution in [0.1, 0.15) is 29.7 Å². The third kappa shape index (κ3) is 4.68. The molecule has 0 atom stereocenters. The number of halogens is 1. The highest BCUT2D eigenvalue weighted by molar-refractivity contribution is 14.0. The Kier molecular flexibility index (Phi) is 7.90. The minimum atomic E-state index is 0. The number of rotatable bonds is 5. The van der Waals surface area contributed by atoms with E-state index in [9.17, 15) is 0 Å². The molecule has 1 aromatic carbocycles. The average Bonchev–Trinajstić information content (AvgIpc) is 3.01. The summed E-state index contributed by atoms with van der Waals surface area (Å²) in [5.74, 6) is 4.17. The van der Waals surface area contributed by atoms with E-state index >= 15 is 0 Å². The van der Waals surface area contributed by atoms with Gasteiger partial charge in [-0.2, -0.15) is 0 Å². The van der Waals surface area contributed by atoms with Gasteiger partial charge in [0.1, 0.15) is 12.4 Å². The summed E-state index contributed by atoms with van der Waals surface area (Å²) in [4.78, 5) is 7.05. The quantitative estimate of drug-likeness (QED) is 0.386. The molecule has 1 aromatic heterocycles. The van der Waals surface area contributed by atoms with Crippen LogP contribution in [0.25, 0.3) is 0 Å². The zero-order valence-electron chi connectivity index (χ0n) is 17.2. The van der Waals surface area contributed by atoms with Gasteiger partial charge >= 0.3 is 0 Å². The molecular weight excluding hydrogens is 471 g/mol. The van der Waals surface area contributed by atoms with E-state index in [0.29, 0.717) is 6.54 Å². The molecule has 0 bridgehead atoms. The smallest absolute Gasteiger partial charge is 0.194 e. The van der Waals surface area contributed by atoms with Gasteiger partial charge in [-0.1, -0.05) is 0 Å². The number of nitrogens with one attached hydrogen (secondary N) is 1. The Bertz CT molecular complexity index is 836. The van der Waals surface area contributed by atoms with E-state index in [0.717, 1.165) is 55.2 Å². The van der Waals surface area contributed by atoms with Crippen LogP contribution in [0.4, 0.5) is 0 Å². The Hall–Kier alpha value is -2.04. The fourth-order valence-corrected chi connectivity index (χ4v) is 3.22. The van der Waals surface area contributed by atoms with E-state index in [-0.39, 0.29) is 24.0 Å². The maximum atomic E-state index is 5.46. The summed E-state index contributed by atoms with van der Waals surface area (Å²) >= 11 is 0. The molecule has 0 saturated heterocycles. The molecule has 1 aliphatic rings. The SMILES string of the molecule is CCNC(=NCc1nnc(C)n1C)N1CCc2cc(OC)c(OC)cc2C1.I. The van der Waals surface area contributed by atoms with Crippen molar-refractivity contribution in [3.63, 3.8) is 0 Å². The molecule has 1 aliphatic heterocycles. The zero-order chi connectivity index (χ0) is 19.4. The lowest BCUT2D eigenvalue weighted by Crippen LogP contribution is -2.44. The van der Waals surface area contributed by atoms with Crippen LogP contribution in [0.2, 0.25) is 0 Å². The first-order valence-electron chi connectivity index (χ1n) is 9.19. The van der Waals surface area contributed by atoms with Crippen molar-refractivity contribution in [1.29, 1.82) is 0 Å². The Balaban J connectivity index is 0.00000280. The zero-order valence-corrected chi connectivity index (χ0v) is 19.5. The fraction of sp³-hybridized carbons (Fsp3) is 0.526.